The SMILES string of the molecule is CCCCOCCOCCOc1cc(CO)cc(OCCOCCOCCCC)c1. The van der Waals surface area contributed by atoms with Crippen LogP contribution < -0.4 is 9.47 Å². The molecule has 0 aliphatic carbocycles. The second-order valence-electron chi connectivity index (χ2n) is 6.82. The summed E-state index contributed by atoms with van der Waals surface area (Å²) in [7, 11) is 0. The van der Waals surface area contributed by atoms with E-state index in [4.69, 9.17) is 28.4 Å². The molecule has 1 aromatic rings. The second-order valence-corrected chi connectivity index (χ2v) is 6.82. The van der Waals surface area contributed by atoms with Crippen LogP contribution in [0, 0.1) is 0 Å². The minimum atomic E-state index is -0.0786. The van der Waals surface area contributed by atoms with Gasteiger partial charge in [-0.15, -0.1) is 0 Å². The van der Waals surface area contributed by atoms with E-state index in [1.54, 1.807) is 18.2 Å². The van der Waals surface area contributed by atoms with Crippen molar-refractivity contribution in [3.8, 4) is 11.5 Å². The Bertz CT molecular complexity index is 470. The molecule has 30 heavy (non-hydrogen) atoms. The molecule has 7 nitrogen and oxygen atoms in total. The predicted molar refractivity (Wildman–Crippen MR) is 116 cm³/mol. The summed E-state index contributed by atoms with van der Waals surface area (Å²) in [5.74, 6) is 1.29. The molecule has 1 aromatic carbocycles. The number of aliphatic hydroxyl groups is 1. The smallest absolute Gasteiger partial charge is 0.123 e. The summed E-state index contributed by atoms with van der Waals surface area (Å²) in [4.78, 5) is 0. The topological polar surface area (TPSA) is 75.6 Å². The normalized spacial score (nSPS) is 11.0. The Hall–Kier alpha value is -1.38. The molecule has 174 valence electrons. The predicted octanol–water partition coefficient (Wildman–Crippen LogP) is 3.60. The van der Waals surface area contributed by atoms with Crippen molar-refractivity contribution in [1.82, 2.24) is 0 Å². The van der Waals surface area contributed by atoms with Gasteiger partial charge in [0.05, 0.1) is 46.2 Å². The Labute approximate surface area is 181 Å². The lowest BCUT2D eigenvalue weighted by Gasteiger charge is -2.12. The molecule has 0 fully saturated rings. The van der Waals surface area contributed by atoms with Gasteiger partial charge in [-0.2, -0.15) is 0 Å². The van der Waals surface area contributed by atoms with E-state index in [1.165, 1.54) is 0 Å². The number of aliphatic hydroxyl groups excluding tert-OH is 1. The van der Waals surface area contributed by atoms with Crippen molar-refractivity contribution in [3.63, 3.8) is 0 Å². The van der Waals surface area contributed by atoms with E-state index >= 15 is 0 Å². The highest BCUT2D eigenvalue weighted by molar-refractivity contribution is 5.38. The Morgan fingerprint density at radius 2 is 0.967 bits per heavy atom. The number of unbranched alkanes of at least 4 members (excludes halogenated alkanes) is 2. The van der Waals surface area contributed by atoms with Crippen molar-refractivity contribution in [3.05, 3.63) is 23.8 Å². The lowest BCUT2D eigenvalue weighted by atomic mass is 10.2. The fourth-order valence-corrected chi connectivity index (χ4v) is 2.46. The van der Waals surface area contributed by atoms with Gasteiger partial charge in [-0.25, -0.2) is 0 Å². The molecule has 0 saturated carbocycles. The van der Waals surface area contributed by atoms with Crippen molar-refractivity contribution in [2.75, 3.05) is 66.1 Å². The summed E-state index contributed by atoms with van der Waals surface area (Å²) in [6, 6.07) is 5.40. The summed E-state index contributed by atoms with van der Waals surface area (Å²) in [6.45, 7) is 9.88. The van der Waals surface area contributed by atoms with Crippen LogP contribution in [-0.2, 0) is 25.6 Å². The van der Waals surface area contributed by atoms with Crippen molar-refractivity contribution in [2.45, 2.75) is 46.1 Å². The molecule has 0 saturated heterocycles. The minimum Gasteiger partial charge on any atom is -0.491 e. The van der Waals surface area contributed by atoms with Gasteiger partial charge in [0.1, 0.15) is 24.7 Å². The van der Waals surface area contributed by atoms with E-state index in [2.05, 4.69) is 13.8 Å². The zero-order valence-electron chi connectivity index (χ0n) is 18.7. The molecular weight excluding hydrogens is 388 g/mol. The van der Waals surface area contributed by atoms with Crippen molar-refractivity contribution >= 4 is 0 Å². The molecule has 0 heterocycles. The van der Waals surface area contributed by atoms with Gasteiger partial charge in [0, 0.05) is 19.3 Å². The summed E-state index contributed by atoms with van der Waals surface area (Å²) in [5.41, 5.74) is 0.734. The second kappa shape index (κ2) is 19.6. The van der Waals surface area contributed by atoms with Crippen LogP contribution in [0.2, 0.25) is 0 Å². The monoisotopic (exact) mass is 428 g/mol. The van der Waals surface area contributed by atoms with Gasteiger partial charge in [0.2, 0.25) is 0 Å². The van der Waals surface area contributed by atoms with Crippen molar-refractivity contribution < 1.29 is 33.5 Å². The van der Waals surface area contributed by atoms with E-state index in [1.807, 2.05) is 0 Å². The van der Waals surface area contributed by atoms with Gasteiger partial charge in [-0.1, -0.05) is 26.7 Å². The van der Waals surface area contributed by atoms with E-state index in [0.29, 0.717) is 64.4 Å². The van der Waals surface area contributed by atoms with Crippen LogP contribution in [0.3, 0.4) is 0 Å². The molecule has 0 aromatic heterocycles. The molecule has 0 bridgehead atoms. The zero-order chi connectivity index (χ0) is 21.7. The van der Waals surface area contributed by atoms with Gasteiger partial charge < -0.3 is 33.5 Å². The maximum absolute atomic E-state index is 9.46. The van der Waals surface area contributed by atoms with E-state index < -0.39 is 0 Å². The van der Waals surface area contributed by atoms with Crippen LogP contribution in [0.5, 0.6) is 11.5 Å². The number of hydrogen-bond acceptors (Lipinski definition) is 7. The standard InChI is InChI=1S/C23H40O7/c1-3-5-7-25-9-11-27-13-15-29-22-17-21(20-24)18-23(19-22)30-16-14-28-12-10-26-8-6-4-2/h17-19,24H,3-16,20H2,1-2H3. The van der Waals surface area contributed by atoms with Gasteiger partial charge in [0.15, 0.2) is 0 Å². The quantitative estimate of drug-likeness (QED) is 0.300. The number of rotatable bonds is 21. The molecule has 0 radical (unpaired) electrons. The highest BCUT2D eigenvalue weighted by Crippen LogP contribution is 2.23. The number of benzene rings is 1. The average Bonchev–Trinajstić information content (AvgIpc) is 2.76. The van der Waals surface area contributed by atoms with Crippen LogP contribution in [0.4, 0.5) is 0 Å². The van der Waals surface area contributed by atoms with Gasteiger partial charge >= 0.3 is 0 Å². The van der Waals surface area contributed by atoms with Gasteiger partial charge in [-0.05, 0) is 30.5 Å². The lowest BCUT2D eigenvalue weighted by molar-refractivity contribution is 0.0347. The van der Waals surface area contributed by atoms with Crippen molar-refractivity contribution in [1.29, 1.82) is 0 Å². The van der Waals surface area contributed by atoms with Crippen LogP contribution in [0.25, 0.3) is 0 Å². The molecule has 0 amide bonds. The van der Waals surface area contributed by atoms with Crippen LogP contribution >= 0.6 is 0 Å². The molecule has 0 unspecified atom stereocenters. The maximum atomic E-state index is 9.46. The highest BCUT2D eigenvalue weighted by atomic mass is 16.6. The molecule has 7 heteroatoms. The van der Waals surface area contributed by atoms with E-state index in [9.17, 15) is 5.11 Å². The Morgan fingerprint density at radius 3 is 1.37 bits per heavy atom. The van der Waals surface area contributed by atoms with Gasteiger partial charge in [0.25, 0.3) is 0 Å². The Balaban J connectivity index is 2.17. The lowest BCUT2D eigenvalue weighted by Crippen LogP contribution is -2.12. The molecule has 0 spiro atoms. The third kappa shape index (κ3) is 14.6. The van der Waals surface area contributed by atoms with Crippen molar-refractivity contribution in [2.24, 2.45) is 0 Å². The fraction of sp³-hybridized carbons (Fsp3) is 0.739. The van der Waals surface area contributed by atoms with Crippen LogP contribution in [0.15, 0.2) is 18.2 Å². The zero-order valence-corrected chi connectivity index (χ0v) is 18.7. The molecule has 0 aliphatic rings. The first-order valence-electron chi connectivity index (χ1n) is 11.1. The van der Waals surface area contributed by atoms with Gasteiger partial charge in [-0.3, -0.25) is 0 Å². The molecule has 1 rings (SSSR count). The third-order valence-corrected chi connectivity index (χ3v) is 4.14. The Kier molecular flexibility index (Phi) is 17.4. The number of hydrogen-bond donors (Lipinski definition) is 1. The first-order chi connectivity index (χ1) is 14.8. The highest BCUT2D eigenvalue weighted by Gasteiger charge is 2.04. The Morgan fingerprint density at radius 1 is 0.567 bits per heavy atom. The van der Waals surface area contributed by atoms with E-state index in [-0.39, 0.29) is 6.61 Å². The third-order valence-electron chi connectivity index (χ3n) is 4.14. The molecular formula is C23H40O7. The molecule has 1 N–H and O–H groups in total. The summed E-state index contributed by atoms with van der Waals surface area (Å²) in [6.07, 6.45) is 4.42. The first-order valence-corrected chi connectivity index (χ1v) is 11.1. The summed E-state index contributed by atoms with van der Waals surface area (Å²) >= 11 is 0. The maximum Gasteiger partial charge on any atom is 0.123 e. The molecule has 0 atom stereocenters. The number of ether oxygens (including phenoxy) is 6. The van der Waals surface area contributed by atoms with E-state index in [0.717, 1.165) is 44.5 Å². The summed E-state index contributed by atoms with van der Waals surface area (Å²) < 4.78 is 33.3. The average molecular weight is 429 g/mol. The minimum absolute atomic E-state index is 0.0786. The fourth-order valence-electron chi connectivity index (χ4n) is 2.46. The summed E-state index contributed by atoms with van der Waals surface area (Å²) in [5, 5.41) is 9.46. The van der Waals surface area contributed by atoms with Crippen LogP contribution in [-0.4, -0.2) is 71.2 Å². The first kappa shape index (κ1) is 26.7. The largest absolute Gasteiger partial charge is 0.491 e. The molecule has 0 aliphatic heterocycles. The van der Waals surface area contributed by atoms with Crippen LogP contribution in [0.1, 0.15) is 45.1 Å².